The van der Waals surface area contributed by atoms with E-state index in [0.29, 0.717) is 0 Å². The van der Waals surface area contributed by atoms with Crippen LogP contribution in [0.2, 0.25) is 0 Å². The summed E-state index contributed by atoms with van der Waals surface area (Å²) in [6, 6.07) is 6.12. The van der Waals surface area contributed by atoms with Gasteiger partial charge in [0.25, 0.3) is 5.91 Å². The normalized spacial score (nSPS) is 22.7. The van der Waals surface area contributed by atoms with Gasteiger partial charge in [-0.1, -0.05) is 0 Å². The Morgan fingerprint density at radius 3 is 2.48 bits per heavy atom. The van der Waals surface area contributed by atoms with Crippen LogP contribution in [0.25, 0.3) is 0 Å². The summed E-state index contributed by atoms with van der Waals surface area (Å²) in [5, 5.41) is 0. The molecule has 2 atom stereocenters. The Bertz CT molecular complexity index is 716. The third-order valence-electron chi connectivity index (χ3n) is 4.63. The molecule has 1 amide bonds. The lowest BCUT2D eigenvalue weighted by Gasteiger charge is -2.56. The zero-order valence-corrected chi connectivity index (χ0v) is 13.3. The fourth-order valence-corrected chi connectivity index (χ4v) is 3.63. The zero-order valence-electron chi connectivity index (χ0n) is 13.3. The average molecular weight is 309 g/mol. The Hall–Kier alpha value is -2.50. The van der Waals surface area contributed by atoms with Crippen LogP contribution in [0, 0.1) is 13.8 Å². The fraction of sp³-hybridized carbons (Fsp3) is 0.412. The number of amides is 1. The summed E-state index contributed by atoms with van der Waals surface area (Å²) < 4.78 is 0. The number of fused-ring (bicyclic) bond motifs is 2. The van der Waals surface area contributed by atoms with E-state index < -0.39 is 0 Å². The molecule has 6 nitrogen and oxygen atoms in total. The summed E-state index contributed by atoms with van der Waals surface area (Å²) in [7, 11) is 0. The number of carbonyl (C=O) groups is 1. The molecule has 0 spiro atoms. The molecule has 118 valence electrons. The summed E-state index contributed by atoms with van der Waals surface area (Å²) in [5.41, 5.74) is 1.70. The SMILES string of the molecule is Cc1cc(N2CC3CC(C2)N3C(=O)c2ccncc2)nc(C)n1. The van der Waals surface area contributed by atoms with E-state index in [9.17, 15) is 4.79 Å². The molecule has 23 heavy (non-hydrogen) atoms. The van der Waals surface area contributed by atoms with Crippen molar-refractivity contribution in [2.75, 3.05) is 18.0 Å². The van der Waals surface area contributed by atoms with Gasteiger partial charge in [0.1, 0.15) is 11.6 Å². The highest BCUT2D eigenvalue weighted by Gasteiger charge is 2.47. The van der Waals surface area contributed by atoms with Crippen LogP contribution in [0.5, 0.6) is 0 Å². The molecule has 5 rings (SSSR count). The van der Waals surface area contributed by atoms with Crippen molar-refractivity contribution >= 4 is 11.7 Å². The van der Waals surface area contributed by atoms with E-state index in [-0.39, 0.29) is 18.0 Å². The fourth-order valence-electron chi connectivity index (χ4n) is 3.63. The molecule has 5 heterocycles. The van der Waals surface area contributed by atoms with Crippen molar-refractivity contribution in [2.45, 2.75) is 32.4 Å². The lowest BCUT2D eigenvalue weighted by Crippen LogP contribution is -2.70. The number of pyridine rings is 1. The number of piperazine rings is 1. The van der Waals surface area contributed by atoms with Crippen LogP contribution < -0.4 is 4.90 Å². The molecule has 0 aromatic carbocycles. The molecule has 0 N–H and O–H groups in total. The minimum atomic E-state index is 0.114. The molecule has 3 saturated heterocycles. The first-order chi connectivity index (χ1) is 11.1. The molecule has 6 heteroatoms. The highest BCUT2D eigenvalue weighted by molar-refractivity contribution is 5.95. The Balaban J connectivity index is 1.51. The standard InChI is InChI=1S/C17H19N5O/c1-11-7-16(20-12(2)19-11)21-9-14-8-15(10-21)22(14)17(23)13-3-5-18-6-4-13/h3-7,14-15H,8-10H2,1-2H3. The van der Waals surface area contributed by atoms with Crippen molar-refractivity contribution in [3.63, 3.8) is 0 Å². The molecule has 3 aliphatic rings. The van der Waals surface area contributed by atoms with Gasteiger partial charge >= 0.3 is 0 Å². The number of carbonyl (C=O) groups excluding carboxylic acids is 1. The zero-order chi connectivity index (χ0) is 16.0. The summed E-state index contributed by atoms with van der Waals surface area (Å²) in [6.07, 6.45) is 4.42. The topological polar surface area (TPSA) is 62.2 Å². The summed E-state index contributed by atoms with van der Waals surface area (Å²) in [4.78, 5) is 29.8. The maximum absolute atomic E-state index is 12.6. The Kier molecular flexibility index (Phi) is 3.25. The molecule has 2 bridgehead atoms. The lowest BCUT2D eigenvalue weighted by atomic mass is 9.86. The summed E-state index contributed by atoms with van der Waals surface area (Å²) in [6.45, 7) is 5.58. The van der Waals surface area contributed by atoms with Gasteiger partial charge in [0, 0.05) is 42.8 Å². The average Bonchev–Trinajstić information content (AvgIpc) is 2.55. The molecular weight excluding hydrogens is 290 g/mol. The second kappa shape index (κ2) is 5.30. The van der Waals surface area contributed by atoms with Crippen LogP contribution in [0.15, 0.2) is 30.6 Å². The maximum atomic E-state index is 12.6. The highest BCUT2D eigenvalue weighted by Crippen LogP contribution is 2.35. The van der Waals surface area contributed by atoms with Gasteiger partial charge in [-0.2, -0.15) is 0 Å². The van der Waals surface area contributed by atoms with Gasteiger partial charge in [0.05, 0.1) is 12.1 Å². The molecule has 2 unspecified atom stereocenters. The van der Waals surface area contributed by atoms with Gasteiger partial charge in [0.15, 0.2) is 0 Å². The minimum absolute atomic E-state index is 0.114. The number of aromatic nitrogens is 3. The Labute approximate surface area is 135 Å². The molecule has 3 fully saturated rings. The smallest absolute Gasteiger partial charge is 0.254 e. The second-order valence-corrected chi connectivity index (χ2v) is 6.31. The minimum Gasteiger partial charge on any atom is -0.352 e. The van der Waals surface area contributed by atoms with E-state index in [1.807, 2.05) is 24.8 Å². The Morgan fingerprint density at radius 2 is 1.83 bits per heavy atom. The van der Waals surface area contributed by atoms with Gasteiger partial charge in [0.2, 0.25) is 0 Å². The van der Waals surface area contributed by atoms with Gasteiger partial charge in [-0.25, -0.2) is 9.97 Å². The van der Waals surface area contributed by atoms with Crippen molar-refractivity contribution in [1.82, 2.24) is 19.9 Å². The quantitative estimate of drug-likeness (QED) is 0.843. The predicted molar refractivity (Wildman–Crippen MR) is 86.3 cm³/mol. The van der Waals surface area contributed by atoms with Crippen molar-refractivity contribution in [1.29, 1.82) is 0 Å². The second-order valence-electron chi connectivity index (χ2n) is 6.31. The largest absolute Gasteiger partial charge is 0.352 e. The van der Waals surface area contributed by atoms with Crippen LogP contribution in [0.3, 0.4) is 0 Å². The molecule has 2 aromatic rings. The molecule has 0 aliphatic carbocycles. The molecule has 3 aliphatic heterocycles. The number of nitrogens with zero attached hydrogens (tertiary/aromatic N) is 5. The summed E-state index contributed by atoms with van der Waals surface area (Å²) in [5.74, 6) is 1.88. The number of piperidine rings is 1. The lowest BCUT2D eigenvalue weighted by molar-refractivity contribution is 0.00574. The van der Waals surface area contributed by atoms with E-state index in [0.717, 1.165) is 42.4 Å². The van der Waals surface area contributed by atoms with Crippen LogP contribution in [-0.2, 0) is 0 Å². The number of rotatable bonds is 2. The van der Waals surface area contributed by atoms with E-state index >= 15 is 0 Å². The van der Waals surface area contributed by atoms with Gasteiger partial charge < -0.3 is 9.80 Å². The van der Waals surface area contributed by atoms with Crippen molar-refractivity contribution < 1.29 is 4.79 Å². The first-order valence-corrected chi connectivity index (χ1v) is 7.92. The predicted octanol–water partition coefficient (Wildman–Crippen LogP) is 1.59. The first-order valence-electron chi connectivity index (χ1n) is 7.92. The van der Waals surface area contributed by atoms with Crippen molar-refractivity contribution in [2.24, 2.45) is 0 Å². The number of hydrogen-bond donors (Lipinski definition) is 0. The highest BCUT2D eigenvalue weighted by atomic mass is 16.2. The van der Waals surface area contributed by atoms with Crippen LogP contribution in [0.1, 0.15) is 28.3 Å². The molecule has 2 aromatic heterocycles. The van der Waals surface area contributed by atoms with E-state index in [1.165, 1.54) is 0 Å². The summed E-state index contributed by atoms with van der Waals surface area (Å²) >= 11 is 0. The van der Waals surface area contributed by atoms with Gasteiger partial charge in [-0.05, 0) is 32.4 Å². The van der Waals surface area contributed by atoms with E-state index in [4.69, 9.17) is 0 Å². The van der Waals surface area contributed by atoms with Crippen molar-refractivity contribution in [3.05, 3.63) is 47.7 Å². The number of aryl methyl sites for hydroxylation is 2. The monoisotopic (exact) mass is 309 g/mol. The third kappa shape index (κ3) is 2.44. The molecule has 0 saturated carbocycles. The molecule has 0 radical (unpaired) electrons. The maximum Gasteiger partial charge on any atom is 0.254 e. The first kappa shape index (κ1) is 14.1. The van der Waals surface area contributed by atoms with Crippen LogP contribution in [-0.4, -0.2) is 50.9 Å². The Morgan fingerprint density at radius 1 is 1.13 bits per heavy atom. The van der Waals surface area contributed by atoms with E-state index in [1.54, 1.807) is 24.5 Å². The number of anilines is 1. The van der Waals surface area contributed by atoms with Crippen molar-refractivity contribution in [3.8, 4) is 0 Å². The third-order valence-corrected chi connectivity index (χ3v) is 4.63. The molecular formula is C17H19N5O. The van der Waals surface area contributed by atoms with Gasteiger partial charge in [-0.15, -0.1) is 0 Å². The van der Waals surface area contributed by atoms with Crippen LogP contribution >= 0.6 is 0 Å². The van der Waals surface area contributed by atoms with Crippen LogP contribution in [0.4, 0.5) is 5.82 Å². The number of hydrogen-bond acceptors (Lipinski definition) is 5. The van der Waals surface area contributed by atoms with Gasteiger partial charge in [-0.3, -0.25) is 9.78 Å². The van der Waals surface area contributed by atoms with E-state index in [2.05, 4.69) is 19.9 Å².